The monoisotopic (exact) mass is 315 g/mol. The fraction of sp³-hybridized carbons (Fsp3) is 0.556. The number of nitrogens with one attached hydrogen (secondary N) is 1. The van der Waals surface area contributed by atoms with Crippen molar-refractivity contribution in [2.45, 2.75) is 31.8 Å². The fourth-order valence-electron chi connectivity index (χ4n) is 3.42. The van der Waals surface area contributed by atoms with Gasteiger partial charge in [0.15, 0.2) is 0 Å². The first-order valence-corrected chi connectivity index (χ1v) is 8.42. The van der Waals surface area contributed by atoms with Crippen LogP contribution < -0.4 is 5.32 Å². The van der Waals surface area contributed by atoms with E-state index in [1.807, 2.05) is 6.07 Å². The molecule has 2 aliphatic rings. The summed E-state index contributed by atoms with van der Waals surface area (Å²) in [6.07, 6.45) is 2.11. The van der Waals surface area contributed by atoms with E-state index in [0.29, 0.717) is 13.0 Å². The Hall–Kier alpha value is -1.88. The molecule has 0 unspecified atom stereocenters. The molecule has 2 heterocycles. The average molecular weight is 315 g/mol. The molecular weight excluding hydrogens is 290 g/mol. The van der Waals surface area contributed by atoms with Gasteiger partial charge in [-0.1, -0.05) is 30.3 Å². The summed E-state index contributed by atoms with van der Waals surface area (Å²) in [6.45, 7) is 3.51. The molecule has 1 aromatic rings. The van der Waals surface area contributed by atoms with Crippen molar-refractivity contribution in [3.63, 3.8) is 0 Å². The van der Waals surface area contributed by atoms with E-state index in [2.05, 4.69) is 34.5 Å². The van der Waals surface area contributed by atoms with E-state index in [1.165, 1.54) is 5.56 Å². The molecule has 3 rings (SSSR count). The van der Waals surface area contributed by atoms with E-state index in [4.69, 9.17) is 0 Å². The van der Waals surface area contributed by atoms with Crippen molar-refractivity contribution in [1.82, 2.24) is 15.1 Å². The summed E-state index contributed by atoms with van der Waals surface area (Å²) in [5, 5.41) is 3.15. The molecule has 2 saturated heterocycles. The van der Waals surface area contributed by atoms with Crippen molar-refractivity contribution in [3.8, 4) is 0 Å². The summed E-state index contributed by atoms with van der Waals surface area (Å²) < 4.78 is 0. The Balaban J connectivity index is 1.46. The second-order valence-electron chi connectivity index (χ2n) is 6.72. The molecule has 2 atom stereocenters. The van der Waals surface area contributed by atoms with Crippen molar-refractivity contribution in [1.29, 1.82) is 0 Å². The molecule has 0 aromatic heterocycles. The zero-order chi connectivity index (χ0) is 16.2. The SMILES string of the molecule is CN1CC[C@@H](C(=O)N[C@@H]2CCN(Cc3ccccc3)C2)CC1=O. The van der Waals surface area contributed by atoms with Gasteiger partial charge in [-0.15, -0.1) is 0 Å². The minimum absolute atomic E-state index is 0.0537. The number of benzene rings is 1. The van der Waals surface area contributed by atoms with Crippen LogP contribution in [0.15, 0.2) is 30.3 Å². The minimum Gasteiger partial charge on any atom is -0.352 e. The van der Waals surface area contributed by atoms with Gasteiger partial charge in [-0.2, -0.15) is 0 Å². The first-order valence-electron chi connectivity index (χ1n) is 8.42. The van der Waals surface area contributed by atoms with E-state index in [-0.39, 0.29) is 23.8 Å². The van der Waals surface area contributed by atoms with Crippen LogP contribution in [0.5, 0.6) is 0 Å². The van der Waals surface area contributed by atoms with Gasteiger partial charge in [0.1, 0.15) is 0 Å². The lowest BCUT2D eigenvalue weighted by atomic mass is 9.95. The molecule has 2 amide bonds. The predicted octanol–water partition coefficient (Wildman–Crippen LogP) is 1.25. The van der Waals surface area contributed by atoms with Gasteiger partial charge in [-0.05, 0) is 18.4 Å². The number of rotatable bonds is 4. The summed E-state index contributed by atoms with van der Waals surface area (Å²) in [5.74, 6) is -0.0200. The normalized spacial score (nSPS) is 25.6. The zero-order valence-electron chi connectivity index (χ0n) is 13.7. The molecule has 1 aromatic carbocycles. The smallest absolute Gasteiger partial charge is 0.223 e. The second kappa shape index (κ2) is 7.13. The van der Waals surface area contributed by atoms with E-state index in [9.17, 15) is 9.59 Å². The van der Waals surface area contributed by atoms with Crippen LogP contribution in [-0.4, -0.2) is 54.3 Å². The van der Waals surface area contributed by atoms with Gasteiger partial charge in [-0.25, -0.2) is 0 Å². The number of piperidine rings is 1. The number of nitrogens with zero attached hydrogens (tertiary/aromatic N) is 2. The predicted molar refractivity (Wildman–Crippen MR) is 88.6 cm³/mol. The standard InChI is InChI=1S/C18H25N3O2/c1-20-9-7-15(11-17(20)22)18(23)19-16-8-10-21(13-16)12-14-5-3-2-4-6-14/h2-6,15-16H,7-13H2,1H3,(H,19,23)/t15-,16-/m1/s1. The highest BCUT2D eigenvalue weighted by atomic mass is 16.2. The number of likely N-dealkylation sites (tertiary alicyclic amines) is 2. The topological polar surface area (TPSA) is 52.7 Å². The third-order valence-corrected chi connectivity index (χ3v) is 4.90. The number of carbonyl (C=O) groups is 2. The van der Waals surface area contributed by atoms with E-state index < -0.39 is 0 Å². The maximum Gasteiger partial charge on any atom is 0.223 e. The Morgan fingerprint density at radius 1 is 1.22 bits per heavy atom. The van der Waals surface area contributed by atoms with Crippen LogP contribution >= 0.6 is 0 Å². The van der Waals surface area contributed by atoms with Crippen LogP contribution in [0.3, 0.4) is 0 Å². The summed E-state index contributed by atoms with van der Waals surface area (Å²) in [6, 6.07) is 10.6. The van der Waals surface area contributed by atoms with Gasteiger partial charge >= 0.3 is 0 Å². The molecule has 0 aliphatic carbocycles. The van der Waals surface area contributed by atoms with E-state index in [1.54, 1.807) is 11.9 Å². The summed E-state index contributed by atoms with van der Waals surface area (Å²) in [5.41, 5.74) is 1.31. The summed E-state index contributed by atoms with van der Waals surface area (Å²) >= 11 is 0. The van der Waals surface area contributed by atoms with Crippen LogP contribution in [0, 0.1) is 5.92 Å². The largest absolute Gasteiger partial charge is 0.352 e. The molecule has 5 heteroatoms. The molecular formula is C18H25N3O2. The second-order valence-corrected chi connectivity index (χ2v) is 6.72. The van der Waals surface area contributed by atoms with Crippen LogP contribution in [0.25, 0.3) is 0 Å². The first-order chi connectivity index (χ1) is 11.1. The maximum atomic E-state index is 12.4. The Morgan fingerprint density at radius 2 is 2.00 bits per heavy atom. The van der Waals surface area contributed by atoms with Crippen molar-refractivity contribution in [2.24, 2.45) is 5.92 Å². The molecule has 23 heavy (non-hydrogen) atoms. The van der Waals surface area contributed by atoms with Gasteiger partial charge in [-0.3, -0.25) is 14.5 Å². The number of amides is 2. The average Bonchev–Trinajstić information content (AvgIpc) is 2.98. The highest BCUT2D eigenvalue weighted by Gasteiger charge is 2.31. The van der Waals surface area contributed by atoms with E-state index >= 15 is 0 Å². The van der Waals surface area contributed by atoms with Crippen LogP contribution in [0.1, 0.15) is 24.8 Å². The Bertz CT molecular complexity index is 561. The Morgan fingerprint density at radius 3 is 2.74 bits per heavy atom. The fourth-order valence-corrected chi connectivity index (χ4v) is 3.42. The molecule has 124 valence electrons. The first kappa shape index (κ1) is 16.0. The number of hydrogen-bond donors (Lipinski definition) is 1. The lowest BCUT2D eigenvalue weighted by Crippen LogP contribution is -2.45. The van der Waals surface area contributed by atoms with Crippen molar-refractivity contribution < 1.29 is 9.59 Å². The van der Waals surface area contributed by atoms with Crippen LogP contribution in [-0.2, 0) is 16.1 Å². The number of hydrogen-bond acceptors (Lipinski definition) is 3. The lowest BCUT2D eigenvalue weighted by molar-refractivity contribution is -0.139. The Kier molecular flexibility index (Phi) is 4.96. The molecule has 2 aliphatic heterocycles. The van der Waals surface area contributed by atoms with Crippen molar-refractivity contribution >= 4 is 11.8 Å². The molecule has 0 saturated carbocycles. The van der Waals surface area contributed by atoms with Gasteiger partial charge in [0, 0.05) is 51.6 Å². The highest BCUT2D eigenvalue weighted by molar-refractivity contribution is 5.87. The van der Waals surface area contributed by atoms with Crippen molar-refractivity contribution in [3.05, 3.63) is 35.9 Å². The minimum atomic E-state index is -0.151. The molecule has 0 bridgehead atoms. The molecule has 0 radical (unpaired) electrons. The van der Waals surface area contributed by atoms with Crippen molar-refractivity contribution in [2.75, 3.05) is 26.7 Å². The quantitative estimate of drug-likeness (QED) is 0.910. The Labute approximate surface area is 137 Å². The van der Waals surface area contributed by atoms with Gasteiger partial charge < -0.3 is 10.2 Å². The van der Waals surface area contributed by atoms with E-state index in [0.717, 1.165) is 32.5 Å². The van der Waals surface area contributed by atoms with Gasteiger partial charge in [0.2, 0.25) is 11.8 Å². The van der Waals surface area contributed by atoms with Gasteiger partial charge in [0.05, 0.1) is 0 Å². The van der Waals surface area contributed by atoms with Gasteiger partial charge in [0.25, 0.3) is 0 Å². The molecule has 2 fully saturated rings. The maximum absolute atomic E-state index is 12.4. The lowest BCUT2D eigenvalue weighted by Gasteiger charge is -2.28. The highest BCUT2D eigenvalue weighted by Crippen LogP contribution is 2.19. The summed E-state index contributed by atoms with van der Waals surface area (Å²) in [4.78, 5) is 28.2. The summed E-state index contributed by atoms with van der Waals surface area (Å²) in [7, 11) is 1.80. The van der Waals surface area contributed by atoms with Crippen LogP contribution in [0.2, 0.25) is 0 Å². The molecule has 5 nitrogen and oxygen atoms in total. The third kappa shape index (κ3) is 4.10. The molecule has 0 spiro atoms. The number of carbonyl (C=O) groups excluding carboxylic acids is 2. The molecule has 1 N–H and O–H groups in total. The van der Waals surface area contributed by atoms with Crippen LogP contribution in [0.4, 0.5) is 0 Å². The zero-order valence-corrected chi connectivity index (χ0v) is 13.7. The third-order valence-electron chi connectivity index (χ3n) is 4.90.